The first-order chi connectivity index (χ1) is 24.4. The highest BCUT2D eigenvalue weighted by Gasteiger charge is 2.29. The minimum Gasteiger partial charge on any atom is -0.311 e. The molecule has 0 aliphatic heterocycles. The molecule has 0 fully saturated rings. The summed E-state index contributed by atoms with van der Waals surface area (Å²) in [4.78, 5) is 4.56. The Morgan fingerprint density at radius 3 is 1.36 bits per heavy atom. The van der Waals surface area contributed by atoms with Crippen LogP contribution in [0, 0.1) is 0 Å². The Morgan fingerprint density at radius 2 is 0.900 bits per heavy atom. The van der Waals surface area contributed by atoms with Gasteiger partial charge in [-0.2, -0.15) is 13.2 Å². The molecule has 50 heavy (non-hydrogen) atoms. The Labute approximate surface area is 297 Å². The van der Waals surface area contributed by atoms with E-state index < -0.39 is 19.3 Å². The molecule has 0 saturated heterocycles. The summed E-state index contributed by atoms with van der Waals surface area (Å²) < 4.78 is 41.7. The fourth-order valence-corrected chi connectivity index (χ4v) is 11.8. The van der Waals surface area contributed by atoms with Gasteiger partial charge in [0.2, 0.25) is 0 Å². The van der Waals surface area contributed by atoms with Crippen molar-refractivity contribution in [2.45, 2.75) is 6.18 Å². The predicted octanol–water partition coefficient (Wildman–Crippen LogP) is 14.9. The van der Waals surface area contributed by atoms with Crippen LogP contribution in [0.25, 0.3) is 49.2 Å². The lowest BCUT2D eigenvalue weighted by Crippen LogP contribution is -2.09. The van der Waals surface area contributed by atoms with Crippen molar-refractivity contribution in [3.8, 4) is 5.30 Å². The van der Waals surface area contributed by atoms with Crippen LogP contribution in [0.4, 0.5) is 30.2 Å². The molecular formula is C43H29F3NPS2. The highest BCUT2D eigenvalue weighted by Crippen LogP contribution is 2.59. The first-order valence-electron chi connectivity index (χ1n) is 16.1. The van der Waals surface area contributed by atoms with E-state index in [1.165, 1.54) is 42.0 Å². The van der Waals surface area contributed by atoms with E-state index in [1.54, 1.807) is 11.3 Å². The summed E-state index contributed by atoms with van der Waals surface area (Å²) in [6, 6.07) is 50.0. The molecule has 8 rings (SSSR count). The smallest absolute Gasteiger partial charge is 0.311 e. The number of hydrogen-bond acceptors (Lipinski definition) is 3. The van der Waals surface area contributed by atoms with Crippen molar-refractivity contribution < 1.29 is 13.2 Å². The molecule has 3 heterocycles. The molecule has 244 valence electrons. The Morgan fingerprint density at radius 1 is 0.480 bits per heavy atom. The fraction of sp³-hybridized carbons (Fsp3) is 0.0233. The average molecular weight is 712 g/mol. The minimum atomic E-state index is -4.34. The molecule has 0 amide bonds. The highest BCUT2D eigenvalue weighted by molar-refractivity contribution is 7.69. The van der Waals surface area contributed by atoms with Gasteiger partial charge in [0, 0.05) is 37.1 Å². The number of thiophene rings is 2. The second-order valence-electron chi connectivity index (χ2n) is 11.8. The molecule has 1 atom stereocenters. The minimum absolute atomic E-state index is 0.636. The third-order valence-electron chi connectivity index (χ3n) is 8.46. The van der Waals surface area contributed by atoms with Crippen LogP contribution in [0.15, 0.2) is 152 Å². The molecular weight excluding hydrogens is 683 g/mol. The number of benzene rings is 5. The summed E-state index contributed by atoms with van der Waals surface area (Å²) in [6.07, 6.45) is 3.95. The lowest BCUT2D eigenvalue weighted by atomic mass is 10.1. The van der Waals surface area contributed by atoms with Gasteiger partial charge >= 0.3 is 6.18 Å². The zero-order valence-corrected chi connectivity index (χ0v) is 29.1. The van der Waals surface area contributed by atoms with Gasteiger partial charge in [-0.3, -0.25) is 0 Å². The Kier molecular flexibility index (Phi) is 8.76. The largest absolute Gasteiger partial charge is 0.416 e. The van der Waals surface area contributed by atoms with Crippen molar-refractivity contribution in [1.82, 2.24) is 0 Å². The number of fused-ring (bicyclic) bond motifs is 3. The molecule has 0 aliphatic rings. The van der Waals surface area contributed by atoms with Crippen molar-refractivity contribution in [2.75, 3.05) is 4.90 Å². The predicted molar refractivity (Wildman–Crippen MR) is 212 cm³/mol. The van der Waals surface area contributed by atoms with Gasteiger partial charge in [0.1, 0.15) is 0 Å². The Bertz CT molecular complexity index is 2400. The first-order valence-corrected chi connectivity index (χ1v) is 19.1. The standard InChI is InChI=1S/C43H29F3NPS2/c44-43(45,46)32-22-16-30(17-23-32)20-26-37-28-39-41(49-37)42-40(48(39)36-14-8-3-9-15-36)29-38(50-42)27-21-31-18-24-35(25-19-31)47(33-10-4-1-5-11-33)34-12-6-2-7-13-34/h1-29H/b26-20+,27-21+. The summed E-state index contributed by atoms with van der Waals surface area (Å²) >= 11 is 3.57. The molecule has 0 saturated carbocycles. The molecule has 8 aromatic rings. The fourth-order valence-electron chi connectivity index (χ4n) is 6.08. The van der Waals surface area contributed by atoms with E-state index in [9.17, 15) is 13.2 Å². The molecule has 1 unspecified atom stereocenters. The first kappa shape index (κ1) is 32.1. The van der Waals surface area contributed by atoms with Crippen LogP contribution >= 0.6 is 30.2 Å². The summed E-state index contributed by atoms with van der Waals surface area (Å²) in [6.45, 7) is 0. The van der Waals surface area contributed by atoms with Gasteiger partial charge in [0.25, 0.3) is 0 Å². The van der Waals surface area contributed by atoms with Crippen molar-refractivity contribution in [3.05, 3.63) is 178 Å². The van der Waals surface area contributed by atoms with Crippen molar-refractivity contribution in [1.29, 1.82) is 0 Å². The van der Waals surface area contributed by atoms with E-state index >= 15 is 0 Å². The average Bonchev–Trinajstić information content (AvgIpc) is 3.82. The van der Waals surface area contributed by atoms with Crippen LogP contribution in [0.2, 0.25) is 0 Å². The Hall–Kier alpha value is -5.13. The molecule has 5 aromatic carbocycles. The molecule has 0 aliphatic carbocycles. The lowest BCUT2D eigenvalue weighted by Gasteiger charge is -2.25. The molecule has 0 spiro atoms. The molecule has 0 N–H and O–H groups in total. The molecule has 3 aromatic heterocycles. The summed E-state index contributed by atoms with van der Waals surface area (Å²) in [5.41, 5.74) is 4.54. The molecule has 0 bridgehead atoms. The van der Waals surface area contributed by atoms with Crippen molar-refractivity contribution in [2.24, 2.45) is 0 Å². The zero-order chi connectivity index (χ0) is 34.1. The quantitative estimate of drug-likeness (QED) is 0.152. The van der Waals surface area contributed by atoms with Crippen LogP contribution in [-0.2, 0) is 6.18 Å². The number of rotatable bonds is 8. The van der Waals surface area contributed by atoms with Crippen LogP contribution < -0.4 is 4.90 Å². The second-order valence-corrected chi connectivity index (χ2v) is 16.1. The summed E-state index contributed by atoms with van der Waals surface area (Å²) in [5, 5.41) is 4.04. The maximum atomic E-state index is 13.0. The van der Waals surface area contributed by atoms with Gasteiger partial charge in [0.05, 0.1) is 15.0 Å². The monoisotopic (exact) mass is 711 g/mol. The van der Waals surface area contributed by atoms with Gasteiger partial charge in [-0.15, -0.1) is 22.7 Å². The molecule has 0 radical (unpaired) electrons. The second kappa shape index (κ2) is 13.6. The van der Waals surface area contributed by atoms with E-state index in [0.29, 0.717) is 0 Å². The van der Waals surface area contributed by atoms with E-state index in [4.69, 9.17) is 0 Å². The van der Waals surface area contributed by atoms with Gasteiger partial charge in [-0.1, -0.05) is 111 Å². The van der Waals surface area contributed by atoms with Gasteiger partial charge in [0.15, 0.2) is 0 Å². The summed E-state index contributed by atoms with van der Waals surface area (Å²) in [7, 11) is -0.711. The van der Waals surface area contributed by atoms with E-state index in [-0.39, 0.29) is 0 Å². The van der Waals surface area contributed by atoms with Crippen LogP contribution in [0.1, 0.15) is 26.4 Å². The maximum Gasteiger partial charge on any atom is 0.416 e. The third-order valence-corrected chi connectivity index (χ3v) is 13.6. The number of hydrogen-bond donors (Lipinski definition) is 0. The molecule has 7 heteroatoms. The van der Waals surface area contributed by atoms with E-state index in [1.807, 2.05) is 35.6 Å². The number of nitrogens with zero attached hydrogens (tertiary/aromatic N) is 1. The van der Waals surface area contributed by atoms with Crippen molar-refractivity contribution in [3.63, 3.8) is 0 Å². The number of para-hydroxylation sites is 2. The molecule has 1 nitrogen and oxygen atoms in total. The van der Waals surface area contributed by atoms with Gasteiger partial charge < -0.3 is 4.90 Å². The van der Waals surface area contributed by atoms with Crippen molar-refractivity contribution >= 4 is 91.2 Å². The van der Waals surface area contributed by atoms with Gasteiger partial charge in [-0.25, -0.2) is 0 Å². The third kappa shape index (κ3) is 6.58. The lowest BCUT2D eigenvalue weighted by molar-refractivity contribution is -0.137. The van der Waals surface area contributed by atoms with E-state index in [2.05, 4.69) is 132 Å². The van der Waals surface area contributed by atoms with Crippen LogP contribution in [0.5, 0.6) is 0 Å². The normalized spacial score (nSPS) is 12.5. The SMILES string of the molecule is FC(F)(F)c1ccc(/C=C/c2cc3c(s2)c2sc(/C=C/c4ccc(N(c5ccccc5)c5ccccc5)cc4)cc2p3-c2ccccc2)cc1. The summed E-state index contributed by atoms with van der Waals surface area (Å²) in [5.74, 6) is 0. The highest BCUT2D eigenvalue weighted by atomic mass is 32.1. The maximum absolute atomic E-state index is 13.0. The van der Waals surface area contributed by atoms with E-state index in [0.717, 1.165) is 45.2 Å². The number of halogens is 3. The zero-order valence-electron chi connectivity index (χ0n) is 26.6. The topological polar surface area (TPSA) is 3.24 Å². The van der Waals surface area contributed by atoms with Gasteiger partial charge in [-0.05, 0) is 89.2 Å². The number of anilines is 3. The van der Waals surface area contributed by atoms with Crippen LogP contribution in [0.3, 0.4) is 0 Å². The Balaban J connectivity index is 1.10. The number of alkyl halides is 3. The van der Waals surface area contributed by atoms with Crippen LogP contribution in [-0.4, -0.2) is 0 Å².